The third kappa shape index (κ3) is 5.63. The largest absolute Gasteiger partial charge is 0.372 e. The van der Waals surface area contributed by atoms with E-state index in [4.69, 9.17) is 0 Å². The number of carbonyl (C=O) groups is 1. The van der Waals surface area contributed by atoms with Gasteiger partial charge in [-0.15, -0.1) is 0 Å². The number of nitrogens with zero attached hydrogens (tertiary/aromatic N) is 3. The van der Waals surface area contributed by atoms with E-state index in [1.165, 1.54) is 24.9 Å². The molecular formula is C21H36N4O. The van der Waals surface area contributed by atoms with Crippen LogP contribution in [0.25, 0.3) is 0 Å². The Labute approximate surface area is 159 Å². The minimum absolute atomic E-state index is 0.0249. The fourth-order valence-electron chi connectivity index (χ4n) is 3.53. The van der Waals surface area contributed by atoms with Crippen LogP contribution in [0.1, 0.15) is 45.6 Å². The number of urea groups is 1. The molecule has 0 aliphatic carbocycles. The molecule has 0 saturated carbocycles. The van der Waals surface area contributed by atoms with Gasteiger partial charge >= 0.3 is 6.03 Å². The van der Waals surface area contributed by atoms with E-state index in [1.54, 1.807) is 0 Å². The molecule has 5 heteroatoms. The predicted octanol–water partition coefficient (Wildman–Crippen LogP) is 4.18. The number of carbonyl (C=O) groups excluding carboxylic acids is 1. The number of piperazine rings is 1. The zero-order chi connectivity index (χ0) is 18.9. The number of amides is 2. The topological polar surface area (TPSA) is 38.8 Å². The van der Waals surface area contributed by atoms with E-state index in [2.05, 4.69) is 54.9 Å². The number of rotatable bonds is 8. The molecule has 26 heavy (non-hydrogen) atoms. The maximum absolute atomic E-state index is 12.6. The summed E-state index contributed by atoms with van der Waals surface area (Å²) < 4.78 is 0. The Morgan fingerprint density at radius 2 is 1.77 bits per heavy atom. The number of benzene rings is 1. The standard InChI is InChI=1S/C21H36N4O/c1-5-8-9-12-23-13-15-25(16-14-23)21(26)22-20-11-10-19(17-18(20)4)24(6-2)7-3/h10-11,17H,5-9,12-16H2,1-4H3,(H,22,26). The molecular weight excluding hydrogens is 324 g/mol. The number of aryl methyl sites for hydroxylation is 1. The number of nitrogens with one attached hydrogen (secondary N) is 1. The van der Waals surface area contributed by atoms with Crippen molar-refractivity contribution in [3.63, 3.8) is 0 Å². The van der Waals surface area contributed by atoms with Gasteiger partial charge in [0.2, 0.25) is 0 Å². The molecule has 1 saturated heterocycles. The van der Waals surface area contributed by atoms with E-state index in [-0.39, 0.29) is 6.03 Å². The molecule has 1 aromatic rings. The van der Waals surface area contributed by atoms with Crippen LogP contribution in [0.2, 0.25) is 0 Å². The summed E-state index contributed by atoms with van der Waals surface area (Å²) in [5.41, 5.74) is 3.24. The summed E-state index contributed by atoms with van der Waals surface area (Å²) in [6.45, 7) is 15.4. The summed E-state index contributed by atoms with van der Waals surface area (Å²) in [4.78, 5) is 19.3. The van der Waals surface area contributed by atoms with Crippen LogP contribution in [-0.4, -0.2) is 61.6 Å². The van der Waals surface area contributed by atoms with E-state index in [1.807, 2.05) is 11.0 Å². The Balaban J connectivity index is 1.86. The van der Waals surface area contributed by atoms with E-state index in [0.717, 1.165) is 57.1 Å². The molecule has 2 amide bonds. The molecule has 0 spiro atoms. The molecule has 1 fully saturated rings. The van der Waals surface area contributed by atoms with E-state index >= 15 is 0 Å². The minimum atomic E-state index is 0.0249. The maximum Gasteiger partial charge on any atom is 0.321 e. The van der Waals surface area contributed by atoms with Crippen molar-refractivity contribution >= 4 is 17.4 Å². The smallest absolute Gasteiger partial charge is 0.321 e. The molecule has 1 aromatic carbocycles. The van der Waals surface area contributed by atoms with Crippen LogP contribution in [0, 0.1) is 6.92 Å². The Morgan fingerprint density at radius 3 is 2.35 bits per heavy atom. The second-order valence-corrected chi connectivity index (χ2v) is 7.14. The molecule has 1 aliphatic heterocycles. The zero-order valence-electron chi connectivity index (χ0n) is 17.1. The fraction of sp³-hybridized carbons (Fsp3) is 0.667. The lowest BCUT2D eigenvalue weighted by molar-refractivity contribution is 0.146. The first kappa shape index (κ1) is 20.6. The second kappa shape index (κ2) is 10.4. The SMILES string of the molecule is CCCCCN1CCN(C(=O)Nc2ccc(N(CC)CC)cc2C)CC1. The van der Waals surface area contributed by atoms with Crippen LogP contribution >= 0.6 is 0 Å². The number of unbranched alkanes of at least 4 members (excludes halogenated alkanes) is 2. The van der Waals surface area contributed by atoms with Crippen molar-refractivity contribution in [2.45, 2.75) is 47.0 Å². The van der Waals surface area contributed by atoms with Crippen molar-refractivity contribution < 1.29 is 4.79 Å². The molecule has 0 radical (unpaired) electrons. The van der Waals surface area contributed by atoms with Gasteiger partial charge in [-0.2, -0.15) is 0 Å². The lowest BCUT2D eigenvalue weighted by Crippen LogP contribution is -2.50. The van der Waals surface area contributed by atoms with E-state index < -0.39 is 0 Å². The maximum atomic E-state index is 12.6. The Bertz CT molecular complexity index is 563. The third-order valence-corrected chi connectivity index (χ3v) is 5.32. The summed E-state index contributed by atoms with van der Waals surface area (Å²) in [5, 5.41) is 3.10. The van der Waals surface area contributed by atoms with Gasteiger partial charge in [0.25, 0.3) is 0 Å². The van der Waals surface area contributed by atoms with Crippen LogP contribution in [-0.2, 0) is 0 Å². The highest BCUT2D eigenvalue weighted by Crippen LogP contribution is 2.23. The molecule has 5 nitrogen and oxygen atoms in total. The van der Waals surface area contributed by atoms with Crippen LogP contribution in [0.3, 0.4) is 0 Å². The summed E-state index contributed by atoms with van der Waals surface area (Å²) in [5.74, 6) is 0. The van der Waals surface area contributed by atoms with Gasteiger partial charge in [-0.05, 0) is 57.5 Å². The molecule has 0 unspecified atom stereocenters. The first-order chi connectivity index (χ1) is 12.6. The van der Waals surface area contributed by atoms with Gasteiger partial charge in [0, 0.05) is 50.6 Å². The third-order valence-electron chi connectivity index (χ3n) is 5.32. The lowest BCUT2D eigenvalue weighted by Gasteiger charge is -2.34. The Morgan fingerprint density at radius 1 is 1.08 bits per heavy atom. The molecule has 0 bridgehead atoms. The Hall–Kier alpha value is -1.75. The van der Waals surface area contributed by atoms with E-state index in [9.17, 15) is 4.79 Å². The number of anilines is 2. The Kier molecular flexibility index (Phi) is 8.23. The van der Waals surface area contributed by atoms with Crippen LogP contribution in [0.15, 0.2) is 18.2 Å². The summed E-state index contributed by atoms with van der Waals surface area (Å²) >= 11 is 0. The predicted molar refractivity (Wildman–Crippen MR) is 111 cm³/mol. The van der Waals surface area contributed by atoms with Crippen LogP contribution in [0.5, 0.6) is 0 Å². The minimum Gasteiger partial charge on any atom is -0.372 e. The molecule has 0 aromatic heterocycles. The highest BCUT2D eigenvalue weighted by molar-refractivity contribution is 5.90. The quantitative estimate of drug-likeness (QED) is 0.707. The van der Waals surface area contributed by atoms with Gasteiger partial charge in [0.15, 0.2) is 0 Å². The van der Waals surface area contributed by atoms with Crippen molar-refractivity contribution in [3.05, 3.63) is 23.8 Å². The monoisotopic (exact) mass is 360 g/mol. The summed E-state index contributed by atoms with van der Waals surface area (Å²) in [7, 11) is 0. The van der Waals surface area contributed by atoms with Gasteiger partial charge < -0.3 is 15.1 Å². The first-order valence-corrected chi connectivity index (χ1v) is 10.2. The van der Waals surface area contributed by atoms with Gasteiger partial charge in [0.1, 0.15) is 0 Å². The van der Waals surface area contributed by atoms with Crippen LogP contribution < -0.4 is 10.2 Å². The molecule has 146 valence electrons. The number of hydrogen-bond donors (Lipinski definition) is 1. The molecule has 1 aliphatic rings. The average molecular weight is 361 g/mol. The molecule has 1 heterocycles. The normalized spacial score (nSPS) is 15.2. The fourth-order valence-corrected chi connectivity index (χ4v) is 3.53. The summed E-state index contributed by atoms with van der Waals surface area (Å²) in [6, 6.07) is 6.31. The van der Waals surface area contributed by atoms with Gasteiger partial charge in [0.05, 0.1) is 0 Å². The van der Waals surface area contributed by atoms with E-state index in [0.29, 0.717) is 0 Å². The van der Waals surface area contributed by atoms with Crippen molar-refractivity contribution in [2.75, 3.05) is 56.0 Å². The highest BCUT2D eigenvalue weighted by Gasteiger charge is 2.21. The highest BCUT2D eigenvalue weighted by atomic mass is 16.2. The van der Waals surface area contributed by atoms with Crippen LogP contribution in [0.4, 0.5) is 16.2 Å². The molecule has 1 N–H and O–H groups in total. The van der Waals surface area contributed by atoms with Crippen molar-refractivity contribution in [3.8, 4) is 0 Å². The van der Waals surface area contributed by atoms with Crippen molar-refractivity contribution in [1.29, 1.82) is 0 Å². The van der Waals surface area contributed by atoms with Crippen molar-refractivity contribution in [1.82, 2.24) is 9.80 Å². The summed E-state index contributed by atoms with van der Waals surface area (Å²) in [6.07, 6.45) is 3.82. The van der Waals surface area contributed by atoms with Gasteiger partial charge in [-0.3, -0.25) is 4.90 Å². The van der Waals surface area contributed by atoms with Crippen molar-refractivity contribution in [2.24, 2.45) is 0 Å². The second-order valence-electron chi connectivity index (χ2n) is 7.14. The number of hydrogen-bond acceptors (Lipinski definition) is 3. The average Bonchev–Trinajstić information content (AvgIpc) is 2.65. The molecule has 2 rings (SSSR count). The van der Waals surface area contributed by atoms with Gasteiger partial charge in [-0.25, -0.2) is 4.79 Å². The zero-order valence-corrected chi connectivity index (χ0v) is 17.1. The molecule has 0 atom stereocenters. The lowest BCUT2D eigenvalue weighted by atomic mass is 10.1. The van der Waals surface area contributed by atoms with Gasteiger partial charge in [-0.1, -0.05) is 19.8 Å². The first-order valence-electron chi connectivity index (χ1n) is 10.2.